The third-order valence-electron chi connectivity index (χ3n) is 3.98. The van der Waals surface area contributed by atoms with Crippen molar-refractivity contribution in [2.75, 3.05) is 45.7 Å². The van der Waals surface area contributed by atoms with Crippen LogP contribution in [0.3, 0.4) is 0 Å². The molecular weight excluding hydrogens is 453 g/mol. The van der Waals surface area contributed by atoms with Gasteiger partial charge in [-0.1, -0.05) is 0 Å². The Kier molecular flexibility index (Phi) is 9.47. The Hall–Kier alpha value is -1.10. The minimum Gasteiger partial charge on any atom is -0.469 e. The van der Waals surface area contributed by atoms with Crippen molar-refractivity contribution in [2.45, 2.75) is 26.3 Å². The van der Waals surface area contributed by atoms with Gasteiger partial charge in [-0.25, -0.2) is 9.98 Å². The third kappa shape index (κ3) is 6.28. The van der Waals surface area contributed by atoms with E-state index in [9.17, 15) is 4.79 Å². The first kappa shape index (κ1) is 21.9. The molecule has 1 aromatic rings. The Morgan fingerprint density at radius 1 is 1.48 bits per heavy atom. The van der Waals surface area contributed by atoms with E-state index in [0.717, 1.165) is 49.3 Å². The SMILES string of the molecule is CCNC(=NCc1csc(N(C)C)n1)N1CCC(C(=O)OC)CC1.I. The molecule has 1 fully saturated rings. The Bertz CT molecular complexity index is 571. The molecule has 1 aliphatic rings. The molecule has 1 saturated heterocycles. The van der Waals surface area contributed by atoms with Gasteiger partial charge >= 0.3 is 5.97 Å². The van der Waals surface area contributed by atoms with Crippen molar-refractivity contribution < 1.29 is 9.53 Å². The third-order valence-corrected chi connectivity index (χ3v) is 5.03. The standard InChI is InChI=1S/C16H27N5O2S.HI/c1-5-17-15(18-10-13-11-24-16(19-13)20(2)3)21-8-6-12(7-9-21)14(22)23-4;/h11-12H,5-10H2,1-4H3,(H,17,18);1H. The molecule has 142 valence electrons. The molecule has 0 amide bonds. The predicted molar refractivity (Wildman–Crippen MR) is 113 cm³/mol. The van der Waals surface area contributed by atoms with Gasteiger partial charge < -0.3 is 19.9 Å². The first-order valence-electron chi connectivity index (χ1n) is 8.28. The summed E-state index contributed by atoms with van der Waals surface area (Å²) in [5, 5.41) is 6.37. The second kappa shape index (κ2) is 10.8. The summed E-state index contributed by atoms with van der Waals surface area (Å²) in [5.74, 6) is 0.797. The number of piperidine rings is 1. The number of anilines is 1. The summed E-state index contributed by atoms with van der Waals surface area (Å²) >= 11 is 1.62. The quantitative estimate of drug-likeness (QED) is 0.301. The van der Waals surface area contributed by atoms with Crippen LogP contribution in [-0.2, 0) is 16.1 Å². The van der Waals surface area contributed by atoms with Crippen molar-refractivity contribution in [1.29, 1.82) is 0 Å². The van der Waals surface area contributed by atoms with Crippen LogP contribution in [0.15, 0.2) is 10.4 Å². The Labute approximate surface area is 170 Å². The molecule has 1 N–H and O–H groups in total. The number of hydrogen-bond acceptors (Lipinski definition) is 6. The fourth-order valence-electron chi connectivity index (χ4n) is 2.65. The average Bonchev–Trinajstić information content (AvgIpc) is 3.07. The molecule has 0 bridgehead atoms. The van der Waals surface area contributed by atoms with Gasteiger partial charge in [0, 0.05) is 39.1 Å². The number of thiazole rings is 1. The minimum atomic E-state index is -0.102. The van der Waals surface area contributed by atoms with Gasteiger partial charge in [0.15, 0.2) is 11.1 Å². The van der Waals surface area contributed by atoms with E-state index in [1.54, 1.807) is 11.3 Å². The first-order chi connectivity index (χ1) is 11.5. The van der Waals surface area contributed by atoms with Crippen LogP contribution in [0, 0.1) is 5.92 Å². The lowest BCUT2D eigenvalue weighted by Crippen LogP contribution is -2.46. The van der Waals surface area contributed by atoms with E-state index in [2.05, 4.69) is 22.1 Å². The number of guanidine groups is 1. The number of halogens is 1. The normalized spacial score (nSPS) is 15.5. The van der Waals surface area contributed by atoms with Crippen molar-refractivity contribution in [3.05, 3.63) is 11.1 Å². The maximum absolute atomic E-state index is 11.6. The fourth-order valence-corrected chi connectivity index (χ4v) is 3.40. The Balaban J connectivity index is 0.00000312. The van der Waals surface area contributed by atoms with Crippen LogP contribution in [-0.4, -0.2) is 62.7 Å². The summed E-state index contributed by atoms with van der Waals surface area (Å²) in [6, 6.07) is 0. The number of likely N-dealkylation sites (tertiary alicyclic amines) is 1. The molecule has 0 aromatic carbocycles. The number of carbonyl (C=O) groups is 1. The molecule has 0 spiro atoms. The highest BCUT2D eigenvalue weighted by molar-refractivity contribution is 14.0. The van der Waals surface area contributed by atoms with Crippen molar-refractivity contribution in [3.63, 3.8) is 0 Å². The van der Waals surface area contributed by atoms with Crippen LogP contribution < -0.4 is 10.2 Å². The lowest BCUT2D eigenvalue weighted by Gasteiger charge is -2.33. The summed E-state index contributed by atoms with van der Waals surface area (Å²) < 4.78 is 4.85. The zero-order valence-corrected chi connectivity index (χ0v) is 18.5. The molecular formula is C16H28IN5O2S. The van der Waals surface area contributed by atoms with E-state index in [-0.39, 0.29) is 35.9 Å². The van der Waals surface area contributed by atoms with E-state index in [0.29, 0.717) is 6.54 Å². The summed E-state index contributed by atoms with van der Waals surface area (Å²) in [7, 11) is 5.43. The average molecular weight is 481 g/mol. The summed E-state index contributed by atoms with van der Waals surface area (Å²) in [4.78, 5) is 25.1. The molecule has 9 heteroatoms. The number of rotatable bonds is 5. The van der Waals surface area contributed by atoms with Gasteiger partial charge in [0.25, 0.3) is 0 Å². The number of esters is 1. The fraction of sp³-hybridized carbons (Fsp3) is 0.688. The highest BCUT2D eigenvalue weighted by Crippen LogP contribution is 2.20. The zero-order chi connectivity index (χ0) is 17.5. The number of aromatic nitrogens is 1. The van der Waals surface area contributed by atoms with Crippen LogP contribution in [0.2, 0.25) is 0 Å². The number of aliphatic imine (C=N–C) groups is 1. The molecule has 25 heavy (non-hydrogen) atoms. The van der Waals surface area contributed by atoms with Gasteiger partial charge in [-0.05, 0) is 19.8 Å². The van der Waals surface area contributed by atoms with Gasteiger partial charge in [-0.3, -0.25) is 4.79 Å². The number of methoxy groups -OCH3 is 1. The number of ether oxygens (including phenoxy) is 1. The van der Waals surface area contributed by atoms with E-state index in [1.807, 2.05) is 24.4 Å². The smallest absolute Gasteiger partial charge is 0.308 e. The van der Waals surface area contributed by atoms with E-state index < -0.39 is 0 Å². The molecule has 7 nitrogen and oxygen atoms in total. The lowest BCUT2D eigenvalue weighted by molar-refractivity contribution is -0.146. The molecule has 0 saturated carbocycles. The summed E-state index contributed by atoms with van der Waals surface area (Å²) in [5.41, 5.74) is 0.976. The van der Waals surface area contributed by atoms with Crippen LogP contribution in [0.25, 0.3) is 0 Å². The van der Waals surface area contributed by atoms with Crippen LogP contribution in [0.1, 0.15) is 25.5 Å². The first-order valence-corrected chi connectivity index (χ1v) is 9.16. The largest absolute Gasteiger partial charge is 0.469 e. The van der Waals surface area contributed by atoms with Gasteiger partial charge in [-0.15, -0.1) is 35.3 Å². The van der Waals surface area contributed by atoms with E-state index in [1.165, 1.54) is 7.11 Å². The monoisotopic (exact) mass is 481 g/mol. The topological polar surface area (TPSA) is 70.1 Å². The van der Waals surface area contributed by atoms with Crippen molar-refractivity contribution in [1.82, 2.24) is 15.2 Å². The molecule has 0 radical (unpaired) electrons. The van der Waals surface area contributed by atoms with Crippen molar-refractivity contribution in [2.24, 2.45) is 10.9 Å². The van der Waals surface area contributed by atoms with Crippen molar-refractivity contribution >= 4 is 52.4 Å². The number of nitrogens with one attached hydrogen (secondary N) is 1. The minimum absolute atomic E-state index is 0. The Morgan fingerprint density at radius 2 is 2.16 bits per heavy atom. The molecule has 1 aromatic heterocycles. The van der Waals surface area contributed by atoms with Crippen molar-refractivity contribution in [3.8, 4) is 0 Å². The van der Waals surface area contributed by atoms with Gasteiger partial charge in [-0.2, -0.15) is 0 Å². The molecule has 2 heterocycles. The lowest BCUT2D eigenvalue weighted by atomic mass is 9.97. The van der Waals surface area contributed by atoms with Crippen LogP contribution >= 0.6 is 35.3 Å². The second-order valence-corrected chi connectivity index (χ2v) is 6.81. The van der Waals surface area contributed by atoms with Crippen LogP contribution in [0.5, 0.6) is 0 Å². The van der Waals surface area contributed by atoms with Gasteiger partial charge in [0.1, 0.15) is 0 Å². The molecule has 2 rings (SSSR count). The molecule has 1 aliphatic heterocycles. The zero-order valence-electron chi connectivity index (χ0n) is 15.3. The summed E-state index contributed by atoms with van der Waals surface area (Å²) in [6.45, 7) is 5.06. The molecule has 0 atom stereocenters. The second-order valence-electron chi connectivity index (χ2n) is 5.97. The van der Waals surface area contributed by atoms with E-state index >= 15 is 0 Å². The highest BCUT2D eigenvalue weighted by atomic mass is 127. The van der Waals surface area contributed by atoms with E-state index in [4.69, 9.17) is 9.73 Å². The molecule has 0 unspecified atom stereocenters. The maximum atomic E-state index is 11.6. The number of hydrogen-bond donors (Lipinski definition) is 1. The molecule has 0 aliphatic carbocycles. The Morgan fingerprint density at radius 3 is 2.68 bits per heavy atom. The highest BCUT2D eigenvalue weighted by Gasteiger charge is 2.26. The maximum Gasteiger partial charge on any atom is 0.308 e. The van der Waals surface area contributed by atoms with Crippen LogP contribution in [0.4, 0.5) is 5.13 Å². The predicted octanol–water partition coefficient (Wildman–Crippen LogP) is 2.18. The van der Waals surface area contributed by atoms with Gasteiger partial charge in [0.2, 0.25) is 0 Å². The number of nitrogens with zero attached hydrogens (tertiary/aromatic N) is 4. The summed E-state index contributed by atoms with van der Waals surface area (Å²) in [6.07, 6.45) is 1.61. The number of carbonyl (C=O) groups excluding carboxylic acids is 1. The van der Waals surface area contributed by atoms with Gasteiger partial charge in [0.05, 0.1) is 25.3 Å².